The number of nitrogens with one attached hydrogen (secondary N) is 1. The average molecular weight is 294 g/mol. The van der Waals surface area contributed by atoms with E-state index in [-0.39, 0.29) is 17.7 Å². The Morgan fingerprint density at radius 1 is 1.59 bits per heavy atom. The minimum absolute atomic E-state index is 0.100. The molecule has 3 nitrogen and oxygen atoms in total. The van der Waals surface area contributed by atoms with Gasteiger partial charge in [-0.05, 0) is 37.9 Å². The predicted molar refractivity (Wildman–Crippen MR) is 72.6 cm³/mol. The van der Waals surface area contributed by atoms with Crippen LogP contribution in [0.2, 0.25) is 4.34 Å². The smallest absolute Gasteiger partial charge is 0.150 e. The highest BCUT2D eigenvalue weighted by Gasteiger charge is 2.34. The fraction of sp³-hybridized carbons (Fsp3) is 0.636. The first-order valence-corrected chi connectivity index (χ1v) is 8.58. The van der Waals surface area contributed by atoms with Crippen molar-refractivity contribution < 1.29 is 8.42 Å². The molecular formula is C11H16ClNO2S2. The maximum absolute atomic E-state index is 11.5. The largest absolute Gasteiger partial charge is 0.312 e. The second-order valence-corrected chi connectivity index (χ2v) is 8.45. The molecule has 17 heavy (non-hydrogen) atoms. The normalized spacial score (nSPS) is 25.0. The molecule has 2 rings (SSSR count). The number of rotatable bonds is 3. The van der Waals surface area contributed by atoms with Crippen LogP contribution in [0.15, 0.2) is 6.07 Å². The van der Waals surface area contributed by atoms with E-state index in [0.29, 0.717) is 5.75 Å². The molecule has 96 valence electrons. The fourth-order valence-corrected chi connectivity index (χ4v) is 5.60. The maximum Gasteiger partial charge on any atom is 0.150 e. The van der Waals surface area contributed by atoms with E-state index in [1.807, 2.05) is 14.0 Å². The van der Waals surface area contributed by atoms with Crippen LogP contribution in [0.1, 0.15) is 22.9 Å². The third-order valence-electron chi connectivity index (χ3n) is 3.23. The molecule has 1 N–H and O–H groups in total. The highest BCUT2D eigenvalue weighted by molar-refractivity contribution is 7.91. The summed E-state index contributed by atoms with van der Waals surface area (Å²) in [5.41, 5.74) is 1.06. The van der Waals surface area contributed by atoms with Crippen molar-refractivity contribution in [1.29, 1.82) is 0 Å². The second-order valence-electron chi connectivity index (χ2n) is 4.53. The van der Waals surface area contributed by atoms with Gasteiger partial charge in [-0.3, -0.25) is 0 Å². The summed E-state index contributed by atoms with van der Waals surface area (Å²) >= 11 is 7.61. The first-order chi connectivity index (χ1) is 7.93. The molecule has 1 aliphatic heterocycles. The van der Waals surface area contributed by atoms with Gasteiger partial charge < -0.3 is 5.32 Å². The number of sulfone groups is 1. The van der Waals surface area contributed by atoms with Gasteiger partial charge in [-0.2, -0.15) is 0 Å². The molecule has 0 aromatic carbocycles. The van der Waals surface area contributed by atoms with E-state index in [0.717, 1.165) is 21.2 Å². The first-order valence-electron chi connectivity index (χ1n) is 5.56. The van der Waals surface area contributed by atoms with Gasteiger partial charge in [0.15, 0.2) is 9.84 Å². The monoisotopic (exact) mass is 293 g/mol. The fourth-order valence-electron chi connectivity index (χ4n) is 2.33. The summed E-state index contributed by atoms with van der Waals surface area (Å²) in [6, 6.07) is 2.16. The lowest BCUT2D eigenvalue weighted by Gasteiger charge is -2.20. The lowest BCUT2D eigenvalue weighted by Crippen LogP contribution is -2.25. The van der Waals surface area contributed by atoms with Crippen molar-refractivity contribution in [3.05, 3.63) is 20.8 Å². The summed E-state index contributed by atoms with van der Waals surface area (Å²) in [7, 11) is -0.957. The zero-order chi connectivity index (χ0) is 12.6. The summed E-state index contributed by atoms with van der Waals surface area (Å²) in [6.07, 6.45) is 0.738. The van der Waals surface area contributed by atoms with Crippen molar-refractivity contribution >= 4 is 32.8 Å². The SMILES string of the molecule is CNC(c1cc(C)c(Cl)s1)C1CCS(=O)(=O)C1. The van der Waals surface area contributed by atoms with Crippen LogP contribution >= 0.6 is 22.9 Å². The predicted octanol–water partition coefficient (Wildman–Crippen LogP) is 2.41. The van der Waals surface area contributed by atoms with Crippen LogP contribution in [0, 0.1) is 12.8 Å². The van der Waals surface area contributed by atoms with E-state index in [2.05, 4.69) is 11.4 Å². The maximum atomic E-state index is 11.5. The molecule has 2 heterocycles. The Morgan fingerprint density at radius 2 is 2.29 bits per heavy atom. The van der Waals surface area contributed by atoms with Gasteiger partial charge in [0, 0.05) is 10.9 Å². The number of hydrogen-bond donors (Lipinski definition) is 1. The lowest BCUT2D eigenvalue weighted by atomic mass is 9.98. The minimum atomic E-state index is -2.83. The Morgan fingerprint density at radius 3 is 2.71 bits per heavy atom. The molecule has 0 amide bonds. The van der Waals surface area contributed by atoms with E-state index in [1.165, 1.54) is 0 Å². The summed E-state index contributed by atoms with van der Waals surface area (Å²) in [6.45, 7) is 1.97. The van der Waals surface area contributed by atoms with Gasteiger partial charge in [0.1, 0.15) is 0 Å². The van der Waals surface area contributed by atoms with E-state index in [1.54, 1.807) is 11.3 Å². The highest BCUT2D eigenvalue weighted by Crippen LogP contribution is 2.37. The summed E-state index contributed by atoms with van der Waals surface area (Å²) in [4.78, 5) is 1.14. The van der Waals surface area contributed by atoms with Crippen molar-refractivity contribution in [2.45, 2.75) is 19.4 Å². The Balaban J connectivity index is 2.23. The molecule has 1 aliphatic rings. The number of halogens is 1. The summed E-state index contributed by atoms with van der Waals surface area (Å²) in [5, 5.41) is 3.23. The van der Waals surface area contributed by atoms with Crippen molar-refractivity contribution in [1.82, 2.24) is 5.32 Å². The Labute approximate surface area is 111 Å². The van der Waals surface area contributed by atoms with E-state index in [4.69, 9.17) is 11.6 Å². The van der Waals surface area contributed by atoms with E-state index < -0.39 is 9.84 Å². The quantitative estimate of drug-likeness (QED) is 0.931. The molecule has 0 aliphatic carbocycles. The molecule has 2 atom stereocenters. The first kappa shape index (κ1) is 13.3. The van der Waals surface area contributed by atoms with Crippen molar-refractivity contribution in [3.8, 4) is 0 Å². The van der Waals surface area contributed by atoms with Crippen LogP contribution in [0.5, 0.6) is 0 Å². The Hall–Kier alpha value is -0.100. The molecule has 1 fully saturated rings. The Kier molecular flexibility index (Phi) is 3.83. The average Bonchev–Trinajstić information content (AvgIpc) is 2.73. The minimum Gasteiger partial charge on any atom is -0.312 e. The van der Waals surface area contributed by atoms with Crippen LogP contribution in [-0.4, -0.2) is 27.0 Å². The van der Waals surface area contributed by atoms with Gasteiger partial charge in [-0.1, -0.05) is 11.6 Å². The number of thiophene rings is 1. The molecular weight excluding hydrogens is 278 g/mol. The van der Waals surface area contributed by atoms with Crippen molar-refractivity contribution in [3.63, 3.8) is 0 Å². The molecule has 0 saturated carbocycles. The topological polar surface area (TPSA) is 46.2 Å². The zero-order valence-electron chi connectivity index (χ0n) is 9.86. The van der Waals surface area contributed by atoms with Crippen LogP contribution in [0.3, 0.4) is 0 Å². The molecule has 6 heteroatoms. The molecule has 0 radical (unpaired) electrons. The molecule has 0 bridgehead atoms. The van der Waals surface area contributed by atoms with Gasteiger partial charge in [-0.25, -0.2) is 8.42 Å². The van der Waals surface area contributed by atoms with Crippen LogP contribution in [0.4, 0.5) is 0 Å². The van der Waals surface area contributed by atoms with Gasteiger partial charge in [0.25, 0.3) is 0 Å². The molecule has 0 spiro atoms. The number of aryl methyl sites for hydroxylation is 1. The molecule has 1 saturated heterocycles. The second kappa shape index (κ2) is 4.88. The van der Waals surface area contributed by atoms with E-state index in [9.17, 15) is 8.42 Å². The van der Waals surface area contributed by atoms with Crippen molar-refractivity contribution in [2.24, 2.45) is 5.92 Å². The zero-order valence-corrected chi connectivity index (χ0v) is 12.3. The van der Waals surface area contributed by atoms with Gasteiger partial charge in [0.2, 0.25) is 0 Å². The van der Waals surface area contributed by atoms with Gasteiger partial charge in [0.05, 0.1) is 15.8 Å². The Bertz CT molecular complexity index is 490. The van der Waals surface area contributed by atoms with E-state index >= 15 is 0 Å². The third-order valence-corrected chi connectivity index (χ3v) is 6.66. The van der Waals surface area contributed by atoms with Crippen LogP contribution < -0.4 is 5.32 Å². The molecule has 1 aromatic heterocycles. The highest BCUT2D eigenvalue weighted by atomic mass is 35.5. The third kappa shape index (κ3) is 2.84. The lowest BCUT2D eigenvalue weighted by molar-refractivity contribution is 0.424. The number of hydrogen-bond acceptors (Lipinski definition) is 4. The summed E-state index contributed by atoms with van der Waals surface area (Å²) in [5.74, 6) is 0.764. The van der Waals surface area contributed by atoms with Gasteiger partial charge >= 0.3 is 0 Å². The van der Waals surface area contributed by atoms with Crippen molar-refractivity contribution in [2.75, 3.05) is 18.6 Å². The summed E-state index contributed by atoms with van der Waals surface area (Å²) < 4.78 is 23.8. The molecule has 1 aromatic rings. The van der Waals surface area contributed by atoms with Crippen LogP contribution in [-0.2, 0) is 9.84 Å². The molecule has 2 unspecified atom stereocenters. The van der Waals surface area contributed by atoms with Crippen LogP contribution in [0.25, 0.3) is 0 Å². The van der Waals surface area contributed by atoms with Gasteiger partial charge in [-0.15, -0.1) is 11.3 Å². The standard InChI is InChI=1S/C11H16ClNO2S2/c1-7-5-9(16-11(7)12)10(13-2)8-3-4-17(14,15)6-8/h5,8,10,13H,3-4,6H2,1-2H3.